The Hall–Kier alpha value is -3.95. The van der Waals surface area contributed by atoms with Crippen LogP contribution in [0.2, 0.25) is 0 Å². The first-order valence-corrected chi connectivity index (χ1v) is 11.4. The van der Waals surface area contributed by atoms with Crippen LogP contribution in [0.1, 0.15) is 25.3 Å². The lowest BCUT2D eigenvalue weighted by molar-refractivity contribution is -0.143. The van der Waals surface area contributed by atoms with Crippen LogP contribution in [0.4, 0.5) is 0 Å². The molecule has 0 aromatic heterocycles. The molecule has 1 rings (SSSR count). The lowest BCUT2D eigenvalue weighted by atomic mass is 10.0. The second-order valence-corrected chi connectivity index (χ2v) is 8.30. The van der Waals surface area contributed by atoms with Crippen LogP contribution in [-0.2, 0) is 25.6 Å². The summed E-state index contributed by atoms with van der Waals surface area (Å²) in [5.41, 5.74) is 16.9. The van der Waals surface area contributed by atoms with Gasteiger partial charge in [-0.05, 0) is 43.9 Å². The highest BCUT2D eigenvalue weighted by Crippen LogP contribution is 2.11. The predicted octanol–water partition coefficient (Wildman–Crippen LogP) is -3.77. The van der Waals surface area contributed by atoms with Gasteiger partial charge < -0.3 is 53.6 Å². The van der Waals surface area contributed by atoms with Gasteiger partial charge in [0, 0.05) is 6.54 Å². The van der Waals surface area contributed by atoms with Gasteiger partial charge in [-0.1, -0.05) is 12.1 Å². The Labute approximate surface area is 213 Å². The van der Waals surface area contributed by atoms with Crippen molar-refractivity contribution in [1.29, 1.82) is 0 Å². The van der Waals surface area contributed by atoms with E-state index in [2.05, 4.69) is 20.9 Å². The number of carbonyl (C=O) groups is 4. The Morgan fingerprint density at radius 3 is 2.08 bits per heavy atom. The summed E-state index contributed by atoms with van der Waals surface area (Å²) in [5.74, 6) is -4.25. The number of aliphatic hydroxyl groups is 2. The molecule has 0 heterocycles. The number of aliphatic carboxylic acids is 1. The molecule has 0 spiro atoms. The molecule has 5 unspecified atom stereocenters. The average Bonchev–Trinajstić information content (AvgIpc) is 2.83. The summed E-state index contributed by atoms with van der Waals surface area (Å²) in [4.78, 5) is 52.9. The van der Waals surface area contributed by atoms with Crippen molar-refractivity contribution in [2.24, 2.45) is 22.2 Å². The van der Waals surface area contributed by atoms with Crippen LogP contribution in [0.3, 0.4) is 0 Å². The van der Waals surface area contributed by atoms with Crippen molar-refractivity contribution >= 4 is 29.7 Å². The zero-order valence-electron chi connectivity index (χ0n) is 20.3. The number of aromatic hydroxyl groups is 1. The van der Waals surface area contributed by atoms with Crippen molar-refractivity contribution < 1.29 is 39.6 Å². The van der Waals surface area contributed by atoms with E-state index in [1.54, 1.807) is 12.1 Å². The van der Waals surface area contributed by atoms with Crippen LogP contribution in [-0.4, -0.2) is 93.5 Å². The van der Waals surface area contributed by atoms with Crippen molar-refractivity contribution in [3.05, 3.63) is 29.8 Å². The van der Waals surface area contributed by atoms with Crippen molar-refractivity contribution in [1.82, 2.24) is 16.0 Å². The molecule has 0 bridgehead atoms. The summed E-state index contributed by atoms with van der Waals surface area (Å²) >= 11 is 0. The predicted molar refractivity (Wildman–Crippen MR) is 132 cm³/mol. The molecule has 0 saturated heterocycles. The zero-order valence-corrected chi connectivity index (χ0v) is 20.3. The van der Waals surface area contributed by atoms with Crippen LogP contribution < -0.4 is 33.2 Å². The number of amides is 3. The van der Waals surface area contributed by atoms with Gasteiger partial charge in [-0.15, -0.1) is 0 Å². The van der Waals surface area contributed by atoms with Gasteiger partial charge in [0.25, 0.3) is 0 Å². The second kappa shape index (κ2) is 15.2. The number of nitrogens with two attached hydrogens (primary N) is 3. The van der Waals surface area contributed by atoms with E-state index in [0.29, 0.717) is 5.56 Å². The summed E-state index contributed by atoms with van der Waals surface area (Å²) in [7, 11) is 0. The number of benzene rings is 1. The molecule has 0 fully saturated rings. The van der Waals surface area contributed by atoms with Crippen molar-refractivity contribution in [3.63, 3.8) is 0 Å². The highest BCUT2D eigenvalue weighted by atomic mass is 16.4. The Kier molecular flexibility index (Phi) is 12.8. The van der Waals surface area contributed by atoms with Crippen LogP contribution in [0.15, 0.2) is 29.3 Å². The number of carbonyl (C=O) groups excluding carboxylic acids is 3. The van der Waals surface area contributed by atoms with E-state index in [0.717, 1.165) is 0 Å². The first kappa shape index (κ1) is 31.1. The largest absolute Gasteiger partial charge is 0.508 e. The van der Waals surface area contributed by atoms with Gasteiger partial charge in [0.1, 0.15) is 23.9 Å². The van der Waals surface area contributed by atoms with Crippen LogP contribution >= 0.6 is 0 Å². The van der Waals surface area contributed by atoms with Crippen LogP contribution in [0.25, 0.3) is 0 Å². The molecule has 15 nitrogen and oxygen atoms in total. The number of hydrogen-bond acceptors (Lipinski definition) is 9. The highest BCUT2D eigenvalue weighted by Gasteiger charge is 2.32. The van der Waals surface area contributed by atoms with Gasteiger partial charge in [0.05, 0.1) is 18.8 Å². The van der Waals surface area contributed by atoms with E-state index < -0.39 is 60.6 Å². The molecule has 206 valence electrons. The number of carboxylic acids is 1. The third-order valence-corrected chi connectivity index (χ3v) is 5.17. The first-order valence-electron chi connectivity index (χ1n) is 11.4. The maximum absolute atomic E-state index is 12.7. The fourth-order valence-electron chi connectivity index (χ4n) is 3.13. The number of nitrogens with zero attached hydrogens (tertiary/aromatic N) is 1. The van der Waals surface area contributed by atoms with Gasteiger partial charge >= 0.3 is 5.97 Å². The lowest BCUT2D eigenvalue weighted by Crippen LogP contribution is -2.60. The summed E-state index contributed by atoms with van der Waals surface area (Å²) in [6, 6.07) is 0.416. The second-order valence-electron chi connectivity index (χ2n) is 8.30. The normalized spacial score (nSPS) is 14.8. The lowest BCUT2D eigenvalue weighted by Gasteiger charge is -2.25. The maximum atomic E-state index is 12.7. The van der Waals surface area contributed by atoms with Crippen molar-refractivity contribution in [2.45, 2.75) is 56.5 Å². The first-order chi connectivity index (χ1) is 17.3. The third kappa shape index (κ3) is 11.1. The molecule has 0 aliphatic heterocycles. The molecule has 0 aliphatic rings. The van der Waals surface area contributed by atoms with Gasteiger partial charge in [-0.2, -0.15) is 0 Å². The molecular weight excluding hydrogens is 490 g/mol. The highest BCUT2D eigenvalue weighted by molar-refractivity contribution is 5.94. The zero-order chi connectivity index (χ0) is 28.1. The Bertz CT molecular complexity index is 951. The number of nitrogens with one attached hydrogen (secondary N) is 3. The van der Waals surface area contributed by atoms with Gasteiger partial charge in [0.2, 0.25) is 17.7 Å². The molecule has 0 radical (unpaired) electrons. The number of guanidine groups is 1. The summed E-state index contributed by atoms with van der Waals surface area (Å²) in [5, 5.41) is 45.0. The van der Waals surface area contributed by atoms with Crippen LogP contribution in [0, 0.1) is 0 Å². The number of carboxylic acid groups (broad SMARTS) is 1. The van der Waals surface area contributed by atoms with E-state index in [-0.39, 0.29) is 37.5 Å². The molecule has 15 heteroatoms. The maximum Gasteiger partial charge on any atom is 0.326 e. The molecule has 1 aromatic rings. The topological polar surface area (TPSA) is 276 Å². The molecule has 1 aromatic carbocycles. The van der Waals surface area contributed by atoms with E-state index in [1.807, 2.05) is 0 Å². The van der Waals surface area contributed by atoms with Crippen LogP contribution in [0.5, 0.6) is 5.75 Å². The Morgan fingerprint density at radius 1 is 0.973 bits per heavy atom. The number of aliphatic hydroxyl groups excluding tert-OH is 2. The number of phenols is 1. The number of phenolic OH excluding ortho intramolecular Hbond substituents is 1. The Morgan fingerprint density at radius 2 is 1.57 bits per heavy atom. The molecule has 0 aliphatic carbocycles. The molecule has 5 atom stereocenters. The van der Waals surface area contributed by atoms with Crippen molar-refractivity contribution in [2.75, 3.05) is 13.2 Å². The van der Waals surface area contributed by atoms with E-state index in [4.69, 9.17) is 17.2 Å². The number of hydrogen-bond donors (Lipinski definition) is 10. The van der Waals surface area contributed by atoms with Gasteiger partial charge in [0.15, 0.2) is 5.96 Å². The monoisotopic (exact) mass is 525 g/mol. The summed E-state index contributed by atoms with van der Waals surface area (Å²) in [6.07, 6.45) is -1.14. The quantitative estimate of drug-likeness (QED) is 0.0602. The standard InChI is InChI=1S/C22H35N7O8/c1-11(31)17(29-18(33)14(23)9-12-4-6-13(32)7-5-12)20(35)28-16(10-30)19(34)27-15(21(36)37)3-2-8-26-22(24)25/h4-7,11,14-17,30-32H,2-3,8-10,23H2,1H3,(H,27,34)(H,28,35)(H,29,33)(H,36,37)(H4,24,25,26). The van der Waals surface area contributed by atoms with Gasteiger partial charge in [-0.25, -0.2) is 4.79 Å². The van der Waals surface area contributed by atoms with E-state index in [1.165, 1.54) is 19.1 Å². The summed E-state index contributed by atoms with van der Waals surface area (Å²) in [6.45, 7) is 0.465. The summed E-state index contributed by atoms with van der Waals surface area (Å²) < 4.78 is 0. The van der Waals surface area contributed by atoms with E-state index >= 15 is 0 Å². The molecule has 3 amide bonds. The fraction of sp³-hybridized carbons (Fsp3) is 0.500. The minimum absolute atomic E-state index is 0.0325. The minimum Gasteiger partial charge on any atom is -0.508 e. The molecule has 0 saturated carbocycles. The minimum atomic E-state index is -1.57. The molecule has 13 N–H and O–H groups in total. The number of aliphatic imine (C=N–C) groups is 1. The SMILES string of the molecule is CC(O)C(NC(=O)C(N)Cc1ccc(O)cc1)C(=O)NC(CO)C(=O)NC(CCCN=C(N)N)C(=O)O. The molecular formula is C22H35N7O8. The average molecular weight is 526 g/mol. The molecule has 37 heavy (non-hydrogen) atoms. The van der Waals surface area contributed by atoms with Gasteiger partial charge in [-0.3, -0.25) is 19.4 Å². The smallest absolute Gasteiger partial charge is 0.326 e. The number of rotatable bonds is 15. The third-order valence-electron chi connectivity index (χ3n) is 5.17. The fourth-order valence-corrected chi connectivity index (χ4v) is 3.13. The van der Waals surface area contributed by atoms with Crippen molar-refractivity contribution in [3.8, 4) is 5.75 Å². The Balaban J connectivity index is 2.77. The van der Waals surface area contributed by atoms with E-state index in [9.17, 15) is 39.6 Å².